The van der Waals surface area contributed by atoms with Gasteiger partial charge in [0.2, 0.25) is 0 Å². The lowest BCUT2D eigenvalue weighted by atomic mass is 10.1. The van der Waals surface area contributed by atoms with Gasteiger partial charge in [-0.3, -0.25) is 9.48 Å². The zero-order chi connectivity index (χ0) is 12.1. The van der Waals surface area contributed by atoms with E-state index >= 15 is 0 Å². The first-order valence-corrected chi connectivity index (χ1v) is 6.92. The highest BCUT2D eigenvalue weighted by atomic mass is 32.2. The molecule has 0 aliphatic rings. The molecule has 1 rings (SSSR count). The van der Waals surface area contributed by atoms with Crippen molar-refractivity contribution in [3.05, 3.63) is 17.0 Å². The number of ketones is 1. The predicted molar refractivity (Wildman–Crippen MR) is 69.3 cm³/mol. The van der Waals surface area contributed by atoms with Gasteiger partial charge in [-0.05, 0) is 19.6 Å². The summed E-state index contributed by atoms with van der Waals surface area (Å²) >= 11 is 1.90. The number of Topliss-reactive ketones (excluding diaryl/α,β-unsaturated/α-hetero) is 1. The number of carbonyl (C=O) groups excluding carboxylic acids is 1. The molecule has 4 heteroatoms. The van der Waals surface area contributed by atoms with Crippen molar-refractivity contribution in [1.29, 1.82) is 0 Å². The van der Waals surface area contributed by atoms with Crippen molar-refractivity contribution in [3.63, 3.8) is 0 Å². The molecular formula is C12H20N2OS. The Kier molecular flexibility index (Phi) is 5.06. The largest absolute Gasteiger partial charge is 0.294 e. The SMILES string of the molecule is CCSCCn1nc(C)c(C(=O)CC)c1C. The summed E-state index contributed by atoms with van der Waals surface area (Å²) in [7, 11) is 0. The fraction of sp³-hybridized carbons (Fsp3) is 0.667. The van der Waals surface area contributed by atoms with Crippen molar-refractivity contribution in [3.8, 4) is 0 Å². The fourth-order valence-corrected chi connectivity index (χ4v) is 2.38. The Morgan fingerprint density at radius 1 is 1.38 bits per heavy atom. The summed E-state index contributed by atoms with van der Waals surface area (Å²) in [6.45, 7) is 8.84. The zero-order valence-corrected chi connectivity index (χ0v) is 11.4. The lowest BCUT2D eigenvalue weighted by molar-refractivity contribution is 0.0987. The van der Waals surface area contributed by atoms with Crippen LogP contribution in [0.4, 0.5) is 0 Å². The fourth-order valence-electron chi connectivity index (χ4n) is 1.79. The van der Waals surface area contributed by atoms with E-state index in [1.54, 1.807) is 0 Å². The van der Waals surface area contributed by atoms with Gasteiger partial charge in [-0.2, -0.15) is 16.9 Å². The van der Waals surface area contributed by atoms with Gasteiger partial charge in [-0.25, -0.2) is 0 Å². The van der Waals surface area contributed by atoms with E-state index in [9.17, 15) is 4.79 Å². The van der Waals surface area contributed by atoms with Gasteiger partial charge in [0.15, 0.2) is 5.78 Å². The third-order valence-electron chi connectivity index (χ3n) is 2.63. The van der Waals surface area contributed by atoms with E-state index in [-0.39, 0.29) is 5.78 Å². The minimum atomic E-state index is 0.199. The number of hydrogen-bond donors (Lipinski definition) is 0. The van der Waals surface area contributed by atoms with Crippen molar-refractivity contribution in [2.45, 2.75) is 40.7 Å². The summed E-state index contributed by atoms with van der Waals surface area (Å²) in [4.78, 5) is 11.7. The highest BCUT2D eigenvalue weighted by molar-refractivity contribution is 7.99. The lowest BCUT2D eigenvalue weighted by Crippen LogP contribution is -2.06. The maximum Gasteiger partial charge on any atom is 0.166 e. The van der Waals surface area contributed by atoms with Gasteiger partial charge in [0.1, 0.15) is 0 Å². The van der Waals surface area contributed by atoms with Crippen LogP contribution in [-0.4, -0.2) is 27.1 Å². The maximum absolute atomic E-state index is 11.7. The van der Waals surface area contributed by atoms with Crippen LogP contribution in [0.2, 0.25) is 0 Å². The summed E-state index contributed by atoms with van der Waals surface area (Å²) in [6, 6.07) is 0. The molecule has 1 heterocycles. The van der Waals surface area contributed by atoms with E-state index < -0.39 is 0 Å². The van der Waals surface area contributed by atoms with Gasteiger partial charge in [-0.1, -0.05) is 13.8 Å². The van der Waals surface area contributed by atoms with E-state index in [1.165, 1.54) is 0 Å². The molecule has 0 spiro atoms. The smallest absolute Gasteiger partial charge is 0.166 e. The van der Waals surface area contributed by atoms with Gasteiger partial charge in [0.25, 0.3) is 0 Å². The van der Waals surface area contributed by atoms with Crippen LogP contribution in [0.15, 0.2) is 0 Å². The molecule has 0 aliphatic heterocycles. The maximum atomic E-state index is 11.7. The third kappa shape index (κ3) is 2.88. The lowest BCUT2D eigenvalue weighted by Gasteiger charge is -2.03. The Balaban J connectivity index is 2.84. The molecule has 0 bridgehead atoms. The molecule has 0 fully saturated rings. The van der Waals surface area contributed by atoms with Crippen molar-refractivity contribution in [2.75, 3.05) is 11.5 Å². The minimum Gasteiger partial charge on any atom is -0.294 e. The number of aryl methyl sites for hydroxylation is 2. The van der Waals surface area contributed by atoms with Crippen molar-refractivity contribution in [2.24, 2.45) is 0 Å². The molecule has 0 saturated heterocycles. The van der Waals surface area contributed by atoms with Crippen LogP contribution in [0, 0.1) is 13.8 Å². The van der Waals surface area contributed by atoms with Crippen LogP contribution < -0.4 is 0 Å². The van der Waals surface area contributed by atoms with Crippen LogP contribution in [0.3, 0.4) is 0 Å². The van der Waals surface area contributed by atoms with Gasteiger partial charge < -0.3 is 0 Å². The summed E-state index contributed by atoms with van der Waals surface area (Å²) in [5.74, 6) is 2.38. The molecule has 0 unspecified atom stereocenters. The molecule has 0 radical (unpaired) electrons. The Hall–Kier alpha value is -0.770. The summed E-state index contributed by atoms with van der Waals surface area (Å²) in [5.41, 5.74) is 2.70. The topological polar surface area (TPSA) is 34.9 Å². The molecule has 0 aliphatic carbocycles. The number of nitrogens with zero attached hydrogens (tertiary/aromatic N) is 2. The highest BCUT2D eigenvalue weighted by Crippen LogP contribution is 2.15. The average molecular weight is 240 g/mol. The van der Waals surface area contributed by atoms with Crippen LogP contribution in [0.5, 0.6) is 0 Å². The van der Waals surface area contributed by atoms with Crippen molar-refractivity contribution >= 4 is 17.5 Å². The molecule has 0 amide bonds. The van der Waals surface area contributed by atoms with E-state index in [2.05, 4.69) is 12.0 Å². The molecule has 3 nitrogen and oxygen atoms in total. The molecule has 1 aromatic rings. The second-order valence-corrected chi connectivity index (χ2v) is 5.14. The van der Waals surface area contributed by atoms with Gasteiger partial charge in [-0.15, -0.1) is 0 Å². The van der Waals surface area contributed by atoms with Gasteiger partial charge in [0.05, 0.1) is 17.8 Å². The van der Waals surface area contributed by atoms with Crippen LogP contribution in [0.1, 0.15) is 42.0 Å². The number of carbonyl (C=O) groups is 1. The Morgan fingerprint density at radius 3 is 2.62 bits per heavy atom. The number of hydrogen-bond acceptors (Lipinski definition) is 3. The molecule has 16 heavy (non-hydrogen) atoms. The van der Waals surface area contributed by atoms with E-state index in [0.29, 0.717) is 6.42 Å². The molecule has 0 aromatic carbocycles. The van der Waals surface area contributed by atoms with Gasteiger partial charge >= 0.3 is 0 Å². The highest BCUT2D eigenvalue weighted by Gasteiger charge is 2.16. The quantitative estimate of drug-likeness (QED) is 0.566. The first-order valence-electron chi connectivity index (χ1n) is 5.76. The minimum absolute atomic E-state index is 0.199. The van der Waals surface area contributed by atoms with Crippen LogP contribution in [0.25, 0.3) is 0 Å². The van der Waals surface area contributed by atoms with E-state index in [0.717, 1.165) is 35.0 Å². The summed E-state index contributed by atoms with van der Waals surface area (Å²) in [5, 5.41) is 4.43. The van der Waals surface area contributed by atoms with Crippen molar-refractivity contribution < 1.29 is 4.79 Å². The van der Waals surface area contributed by atoms with Crippen LogP contribution >= 0.6 is 11.8 Å². The molecule has 0 N–H and O–H groups in total. The Morgan fingerprint density at radius 2 is 2.06 bits per heavy atom. The molecule has 90 valence electrons. The Bertz CT molecular complexity index is 371. The van der Waals surface area contributed by atoms with Gasteiger partial charge in [0, 0.05) is 17.9 Å². The zero-order valence-electron chi connectivity index (χ0n) is 10.5. The molecule has 0 atom stereocenters. The summed E-state index contributed by atoms with van der Waals surface area (Å²) < 4.78 is 1.96. The molecular weight excluding hydrogens is 220 g/mol. The summed E-state index contributed by atoms with van der Waals surface area (Å²) in [6.07, 6.45) is 0.553. The average Bonchev–Trinajstić information content (AvgIpc) is 2.54. The second kappa shape index (κ2) is 6.09. The van der Waals surface area contributed by atoms with Crippen LogP contribution in [-0.2, 0) is 6.54 Å². The Labute approximate surface area is 102 Å². The molecule has 1 aromatic heterocycles. The van der Waals surface area contributed by atoms with E-state index in [4.69, 9.17) is 0 Å². The second-order valence-electron chi connectivity index (χ2n) is 3.74. The van der Waals surface area contributed by atoms with E-state index in [1.807, 2.05) is 37.2 Å². The molecule has 0 saturated carbocycles. The standard InChI is InChI=1S/C12H20N2OS/c1-5-11(15)12-9(3)13-14(10(12)4)7-8-16-6-2/h5-8H2,1-4H3. The number of thioether (sulfide) groups is 1. The first kappa shape index (κ1) is 13.3. The normalized spacial score (nSPS) is 10.8. The number of rotatable bonds is 6. The first-order chi connectivity index (χ1) is 7.61. The third-order valence-corrected chi connectivity index (χ3v) is 3.51. The predicted octanol–water partition coefficient (Wildman–Crippen LogP) is 2.85. The monoisotopic (exact) mass is 240 g/mol. The number of aromatic nitrogens is 2. The van der Waals surface area contributed by atoms with Crippen molar-refractivity contribution in [1.82, 2.24) is 9.78 Å².